The molecule has 4 heterocycles. The first-order valence-electron chi connectivity index (χ1n) is 9.83. The summed E-state index contributed by atoms with van der Waals surface area (Å²) < 4.78 is 5.24. The Labute approximate surface area is 173 Å². The molecule has 0 spiro atoms. The van der Waals surface area contributed by atoms with Gasteiger partial charge in [-0.1, -0.05) is 29.4 Å². The number of carbonyl (C=O) groups is 2. The third kappa shape index (κ3) is 3.01. The lowest BCUT2D eigenvalue weighted by Gasteiger charge is -2.30. The van der Waals surface area contributed by atoms with Crippen LogP contribution in [0, 0.1) is 13.8 Å². The number of rotatable bonds is 3. The van der Waals surface area contributed by atoms with Crippen LogP contribution in [-0.2, 0) is 24.4 Å². The van der Waals surface area contributed by atoms with Gasteiger partial charge in [0.15, 0.2) is 5.82 Å². The first kappa shape index (κ1) is 18.4. The average molecular weight is 403 g/mol. The summed E-state index contributed by atoms with van der Waals surface area (Å²) in [7, 11) is 0. The molecule has 0 radical (unpaired) electrons. The minimum Gasteiger partial charge on any atom is -0.361 e. The Morgan fingerprint density at radius 2 is 1.93 bits per heavy atom. The van der Waals surface area contributed by atoms with Crippen LogP contribution >= 0.6 is 0 Å². The van der Waals surface area contributed by atoms with Gasteiger partial charge in [0, 0.05) is 24.8 Å². The van der Waals surface area contributed by atoms with E-state index in [0.29, 0.717) is 42.5 Å². The van der Waals surface area contributed by atoms with Crippen LogP contribution in [-0.4, -0.2) is 33.4 Å². The standard InChI is InChI=1S/C22H21N5O3/c1-13-18(14(2)30-25-13)12-27-19-7-17(8-23-21(19)24-9-20(27)28)22(29)26-10-15-5-3-4-6-16(15)11-26/h3-8H,9-12H2,1-2H3,(H,23,24). The fraction of sp³-hybridized carbons (Fsp3) is 0.273. The molecule has 1 aromatic carbocycles. The molecular formula is C22H21N5O3. The zero-order valence-electron chi connectivity index (χ0n) is 16.8. The maximum atomic E-state index is 13.2. The van der Waals surface area contributed by atoms with Crippen LogP contribution < -0.4 is 10.2 Å². The average Bonchev–Trinajstić information content (AvgIpc) is 3.33. The van der Waals surface area contributed by atoms with Crippen molar-refractivity contribution in [2.45, 2.75) is 33.5 Å². The highest BCUT2D eigenvalue weighted by molar-refractivity contribution is 6.04. The van der Waals surface area contributed by atoms with Crippen LogP contribution in [0.1, 0.15) is 38.5 Å². The highest BCUT2D eigenvalue weighted by atomic mass is 16.5. The molecule has 2 aromatic heterocycles. The first-order chi connectivity index (χ1) is 14.5. The number of hydrogen-bond donors (Lipinski definition) is 1. The van der Waals surface area contributed by atoms with Gasteiger partial charge < -0.3 is 19.6 Å². The lowest BCUT2D eigenvalue weighted by molar-refractivity contribution is -0.117. The Morgan fingerprint density at radius 1 is 1.20 bits per heavy atom. The fourth-order valence-electron chi connectivity index (χ4n) is 4.02. The predicted octanol–water partition coefficient (Wildman–Crippen LogP) is 2.80. The van der Waals surface area contributed by atoms with Crippen LogP contribution in [0.5, 0.6) is 0 Å². The molecule has 0 unspecified atom stereocenters. The van der Waals surface area contributed by atoms with Gasteiger partial charge in [-0.05, 0) is 31.0 Å². The van der Waals surface area contributed by atoms with Gasteiger partial charge in [0.25, 0.3) is 5.91 Å². The number of pyridine rings is 1. The Morgan fingerprint density at radius 3 is 2.60 bits per heavy atom. The Kier molecular flexibility index (Phi) is 4.27. The second kappa shape index (κ2) is 6.98. The highest BCUT2D eigenvalue weighted by Crippen LogP contribution is 2.32. The van der Waals surface area contributed by atoms with Crippen LogP contribution in [0.4, 0.5) is 11.5 Å². The van der Waals surface area contributed by atoms with E-state index in [9.17, 15) is 9.59 Å². The summed E-state index contributed by atoms with van der Waals surface area (Å²) in [6.45, 7) is 5.30. The molecule has 0 atom stereocenters. The number of fused-ring (bicyclic) bond motifs is 2. The molecule has 30 heavy (non-hydrogen) atoms. The third-order valence-electron chi connectivity index (χ3n) is 5.74. The van der Waals surface area contributed by atoms with Crippen LogP contribution in [0.2, 0.25) is 0 Å². The largest absolute Gasteiger partial charge is 0.361 e. The van der Waals surface area contributed by atoms with Crippen molar-refractivity contribution in [3.63, 3.8) is 0 Å². The van der Waals surface area contributed by atoms with Gasteiger partial charge in [-0.3, -0.25) is 9.59 Å². The van der Waals surface area contributed by atoms with Gasteiger partial charge in [-0.2, -0.15) is 0 Å². The van der Waals surface area contributed by atoms with E-state index in [2.05, 4.69) is 15.5 Å². The molecule has 0 saturated heterocycles. The van der Waals surface area contributed by atoms with E-state index >= 15 is 0 Å². The summed E-state index contributed by atoms with van der Waals surface area (Å²) in [5.41, 5.74) is 4.98. The van der Waals surface area contributed by atoms with Gasteiger partial charge in [-0.25, -0.2) is 4.98 Å². The summed E-state index contributed by atoms with van der Waals surface area (Å²) in [5, 5.41) is 7.01. The lowest BCUT2D eigenvalue weighted by atomic mass is 10.1. The van der Waals surface area contributed by atoms with Gasteiger partial charge in [0.1, 0.15) is 5.76 Å². The molecule has 2 aliphatic heterocycles. The molecule has 0 bridgehead atoms. The zero-order valence-corrected chi connectivity index (χ0v) is 16.8. The van der Waals surface area contributed by atoms with Crippen molar-refractivity contribution in [2.75, 3.05) is 16.8 Å². The fourth-order valence-corrected chi connectivity index (χ4v) is 4.02. The smallest absolute Gasteiger partial charge is 0.256 e. The Bertz CT molecular complexity index is 1120. The number of amides is 2. The maximum Gasteiger partial charge on any atom is 0.256 e. The van der Waals surface area contributed by atoms with Crippen molar-refractivity contribution in [1.82, 2.24) is 15.0 Å². The summed E-state index contributed by atoms with van der Waals surface area (Å²) in [6.07, 6.45) is 1.57. The number of benzene rings is 1. The van der Waals surface area contributed by atoms with Gasteiger partial charge in [0.05, 0.1) is 30.0 Å². The van der Waals surface area contributed by atoms with Crippen LogP contribution in [0.25, 0.3) is 0 Å². The summed E-state index contributed by atoms with van der Waals surface area (Å²) in [4.78, 5) is 33.7. The van der Waals surface area contributed by atoms with Crippen molar-refractivity contribution in [3.05, 3.63) is 70.2 Å². The Hall–Kier alpha value is -3.68. The minimum absolute atomic E-state index is 0.0949. The summed E-state index contributed by atoms with van der Waals surface area (Å²) in [5.74, 6) is 1.07. The quantitative estimate of drug-likeness (QED) is 0.723. The van der Waals surface area contributed by atoms with E-state index in [-0.39, 0.29) is 18.4 Å². The summed E-state index contributed by atoms with van der Waals surface area (Å²) in [6, 6.07) is 9.80. The van der Waals surface area contributed by atoms with Gasteiger partial charge >= 0.3 is 0 Å². The molecule has 0 saturated carbocycles. The number of aromatic nitrogens is 2. The van der Waals surface area contributed by atoms with E-state index in [1.54, 1.807) is 22.1 Å². The molecule has 2 amide bonds. The second-order valence-corrected chi connectivity index (χ2v) is 7.66. The molecule has 152 valence electrons. The molecule has 8 heteroatoms. The van der Waals surface area contributed by atoms with Crippen LogP contribution in [0.3, 0.4) is 0 Å². The van der Waals surface area contributed by atoms with Crippen molar-refractivity contribution in [1.29, 1.82) is 0 Å². The van der Waals surface area contributed by atoms with E-state index in [0.717, 1.165) is 22.4 Å². The predicted molar refractivity (Wildman–Crippen MR) is 110 cm³/mol. The molecule has 1 N–H and O–H groups in total. The molecule has 0 aliphatic carbocycles. The SMILES string of the molecule is Cc1noc(C)c1CN1C(=O)CNc2ncc(C(=O)N3Cc4ccccc4C3)cc21. The number of nitrogens with zero attached hydrogens (tertiary/aromatic N) is 4. The molecule has 3 aromatic rings. The summed E-state index contributed by atoms with van der Waals surface area (Å²) >= 11 is 0. The van der Waals surface area contributed by atoms with Gasteiger partial charge in [0.2, 0.25) is 5.91 Å². The molecular weight excluding hydrogens is 382 g/mol. The number of nitrogens with one attached hydrogen (secondary N) is 1. The second-order valence-electron chi connectivity index (χ2n) is 7.66. The molecule has 2 aliphatic rings. The van der Waals surface area contributed by atoms with Crippen molar-refractivity contribution in [3.8, 4) is 0 Å². The number of aryl methyl sites for hydroxylation is 2. The number of carbonyl (C=O) groups excluding carboxylic acids is 2. The minimum atomic E-state index is -0.100. The van der Waals surface area contributed by atoms with E-state index < -0.39 is 0 Å². The molecule has 8 nitrogen and oxygen atoms in total. The van der Waals surface area contributed by atoms with E-state index in [1.165, 1.54) is 0 Å². The third-order valence-corrected chi connectivity index (χ3v) is 5.74. The van der Waals surface area contributed by atoms with Crippen molar-refractivity contribution in [2.24, 2.45) is 0 Å². The zero-order chi connectivity index (χ0) is 20.8. The molecule has 5 rings (SSSR count). The monoisotopic (exact) mass is 403 g/mol. The van der Waals surface area contributed by atoms with Crippen LogP contribution in [0.15, 0.2) is 41.1 Å². The first-order valence-corrected chi connectivity index (χ1v) is 9.83. The Balaban J connectivity index is 1.45. The van der Waals surface area contributed by atoms with Crippen molar-refractivity contribution < 1.29 is 14.1 Å². The van der Waals surface area contributed by atoms with Gasteiger partial charge in [-0.15, -0.1) is 0 Å². The normalized spacial score (nSPS) is 15.1. The topological polar surface area (TPSA) is 91.6 Å². The highest BCUT2D eigenvalue weighted by Gasteiger charge is 2.30. The van der Waals surface area contributed by atoms with E-state index in [1.807, 2.05) is 38.1 Å². The van der Waals surface area contributed by atoms with E-state index in [4.69, 9.17) is 4.52 Å². The van der Waals surface area contributed by atoms with Crippen molar-refractivity contribution >= 4 is 23.3 Å². The number of anilines is 2. The molecule has 0 fully saturated rings. The number of hydrogen-bond acceptors (Lipinski definition) is 6. The lowest BCUT2D eigenvalue weighted by Crippen LogP contribution is -2.40. The maximum absolute atomic E-state index is 13.2.